The summed E-state index contributed by atoms with van der Waals surface area (Å²) in [5.74, 6) is -2.31. The van der Waals surface area contributed by atoms with Gasteiger partial charge in [0.25, 0.3) is 0 Å². The minimum Gasteiger partial charge on any atom is -0.462 e. The number of unbranched alkanes of at least 4 members (excludes halogenated alkanes) is 25. The summed E-state index contributed by atoms with van der Waals surface area (Å²) in [7, 11) is -10.0. The van der Waals surface area contributed by atoms with Gasteiger partial charge in [-0.2, -0.15) is 0 Å². The Morgan fingerprint density at radius 1 is 0.269 bits per heavy atom. The fraction of sp³-hybridized carbons (Fsp3) is 0.663. The lowest BCUT2D eigenvalue weighted by molar-refractivity contribution is -0.161. The van der Waals surface area contributed by atoms with E-state index in [1.54, 1.807) is 0 Å². The Morgan fingerprint density at radius 3 is 0.824 bits per heavy atom. The molecule has 0 aromatic rings. The van der Waals surface area contributed by atoms with Crippen molar-refractivity contribution in [3.05, 3.63) is 158 Å². The molecule has 0 saturated heterocycles. The zero-order chi connectivity index (χ0) is 78.9. The number of phosphoric acid groups is 2. The maximum atomic E-state index is 13.1. The van der Waals surface area contributed by atoms with Crippen molar-refractivity contribution in [3.63, 3.8) is 0 Å². The Morgan fingerprint density at radius 2 is 0.500 bits per heavy atom. The van der Waals surface area contributed by atoms with Gasteiger partial charge in [-0.25, -0.2) is 9.13 Å². The van der Waals surface area contributed by atoms with Crippen molar-refractivity contribution in [1.82, 2.24) is 0 Å². The van der Waals surface area contributed by atoms with Crippen LogP contribution < -0.4 is 0 Å². The number of ether oxygens (including phenoxy) is 4. The third-order valence-electron chi connectivity index (χ3n) is 17.0. The highest BCUT2D eigenvalue weighted by Gasteiger charge is 2.30. The molecule has 0 aliphatic rings. The van der Waals surface area contributed by atoms with Gasteiger partial charge < -0.3 is 33.8 Å². The normalized spacial score (nSPS) is 14.6. The molecule has 0 radical (unpaired) electrons. The van der Waals surface area contributed by atoms with E-state index in [2.05, 4.69) is 167 Å². The number of hydrogen-bond acceptors (Lipinski definition) is 15. The van der Waals surface area contributed by atoms with E-state index >= 15 is 0 Å². The van der Waals surface area contributed by atoms with Gasteiger partial charge in [-0.15, -0.1) is 0 Å². The van der Waals surface area contributed by atoms with E-state index in [9.17, 15) is 43.2 Å². The molecule has 3 N–H and O–H groups in total. The Labute approximate surface area is 655 Å². The van der Waals surface area contributed by atoms with Crippen molar-refractivity contribution in [1.29, 1.82) is 0 Å². The summed E-state index contributed by atoms with van der Waals surface area (Å²) in [6, 6.07) is 0. The van der Waals surface area contributed by atoms with Crippen molar-refractivity contribution in [2.24, 2.45) is 0 Å². The number of esters is 4. The van der Waals surface area contributed by atoms with Gasteiger partial charge in [-0.3, -0.25) is 37.3 Å². The van der Waals surface area contributed by atoms with Gasteiger partial charge in [0.1, 0.15) is 19.3 Å². The third kappa shape index (κ3) is 78.8. The molecular weight excluding hydrogens is 1400 g/mol. The number of hydrogen-bond donors (Lipinski definition) is 3. The molecule has 0 heterocycles. The van der Waals surface area contributed by atoms with E-state index in [1.165, 1.54) is 57.8 Å². The number of aliphatic hydroxyl groups excluding tert-OH is 1. The lowest BCUT2D eigenvalue weighted by atomic mass is 10.1. The van der Waals surface area contributed by atoms with Crippen LogP contribution in [-0.4, -0.2) is 96.7 Å². The van der Waals surface area contributed by atoms with Gasteiger partial charge in [0, 0.05) is 25.7 Å². The summed E-state index contributed by atoms with van der Waals surface area (Å²) in [6.45, 7) is 4.51. The molecule has 108 heavy (non-hydrogen) atoms. The van der Waals surface area contributed by atoms with E-state index in [-0.39, 0.29) is 25.7 Å². The third-order valence-corrected chi connectivity index (χ3v) is 18.9. The second-order valence-corrected chi connectivity index (χ2v) is 30.2. The predicted octanol–water partition coefficient (Wildman–Crippen LogP) is 24.8. The summed E-state index contributed by atoms with van der Waals surface area (Å²) in [6.07, 6.45) is 93.6. The Bertz CT molecular complexity index is 2660. The number of carbonyl (C=O) groups is 4. The number of carbonyl (C=O) groups excluding carboxylic acids is 4. The van der Waals surface area contributed by atoms with Crippen LogP contribution in [0.3, 0.4) is 0 Å². The first-order chi connectivity index (χ1) is 52.7. The monoisotopic (exact) mass is 1550 g/mol. The van der Waals surface area contributed by atoms with Crippen LogP contribution in [0.2, 0.25) is 0 Å². The lowest BCUT2D eigenvalue weighted by Gasteiger charge is -2.21. The molecule has 5 unspecified atom stereocenters. The van der Waals surface area contributed by atoms with Crippen LogP contribution in [0.4, 0.5) is 0 Å². The van der Waals surface area contributed by atoms with E-state index < -0.39 is 97.5 Å². The molecule has 0 rings (SSSR count). The second kappa shape index (κ2) is 79.8. The predicted molar refractivity (Wildman–Crippen MR) is 445 cm³/mol. The summed E-state index contributed by atoms with van der Waals surface area (Å²) < 4.78 is 68.6. The number of phosphoric ester groups is 2. The van der Waals surface area contributed by atoms with Crippen LogP contribution in [0.1, 0.15) is 323 Å². The molecule has 17 nitrogen and oxygen atoms in total. The zero-order valence-electron chi connectivity index (χ0n) is 67.5. The molecule has 0 aliphatic heterocycles. The molecule has 0 aliphatic carbocycles. The van der Waals surface area contributed by atoms with Gasteiger partial charge in [-0.1, -0.05) is 295 Å². The highest BCUT2D eigenvalue weighted by molar-refractivity contribution is 7.47. The van der Waals surface area contributed by atoms with Crippen molar-refractivity contribution >= 4 is 39.5 Å². The SMILES string of the molecule is CC/C=C\C/C=C\C/C=C\C/C=C\C/C=C\C/C=C\CCC(=O)OCC(COP(=O)(O)OCC(O)COP(=O)(O)OCC(COC(=O)CCCCCCCC/C=C\C/C=C\C/C=C\C/C=C\CC)OC(=O)CCCCCCC/C=C\C/C=C\CCCCC)OC(=O)CCCCCCC/C=C\CCCCCCCC. The van der Waals surface area contributed by atoms with Crippen molar-refractivity contribution in [2.75, 3.05) is 39.6 Å². The van der Waals surface area contributed by atoms with Gasteiger partial charge >= 0.3 is 39.5 Å². The molecule has 616 valence electrons. The van der Waals surface area contributed by atoms with Crippen LogP contribution in [0.15, 0.2) is 158 Å². The van der Waals surface area contributed by atoms with Crippen molar-refractivity contribution in [3.8, 4) is 0 Å². The first kappa shape index (κ1) is 103. The van der Waals surface area contributed by atoms with Crippen molar-refractivity contribution < 1.29 is 80.2 Å². The maximum absolute atomic E-state index is 13.1. The molecule has 0 fully saturated rings. The van der Waals surface area contributed by atoms with E-state index in [1.807, 2.05) is 18.2 Å². The Balaban J connectivity index is 5.46. The van der Waals surface area contributed by atoms with Crippen LogP contribution in [0.25, 0.3) is 0 Å². The van der Waals surface area contributed by atoms with Gasteiger partial charge in [0.2, 0.25) is 0 Å². The summed E-state index contributed by atoms with van der Waals surface area (Å²) in [4.78, 5) is 73.1. The first-order valence-electron chi connectivity index (χ1n) is 41.7. The maximum Gasteiger partial charge on any atom is 0.472 e. The Kier molecular flexibility index (Phi) is 75.8. The van der Waals surface area contributed by atoms with E-state index in [4.69, 9.17) is 37.0 Å². The Hall–Kier alpha value is -5.32. The molecule has 0 bridgehead atoms. The number of aliphatic hydroxyl groups is 1. The molecular formula is C89H148O17P2. The van der Waals surface area contributed by atoms with Gasteiger partial charge in [0.05, 0.1) is 26.4 Å². The lowest BCUT2D eigenvalue weighted by Crippen LogP contribution is -2.30. The topological polar surface area (TPSA) is 237 Å². The number of allylic oxidation sites excluding steroid dienone is 26. The quantitative estimate of drug-likeness (QED) is 0.0169. The van der Waals surface area contributed by atoms with Gasteiger partial charge in [0.15, 0.2) is 12.2 Å². The molecule has 0 aromatic heterocycles. The van der Waals surface area contributed by atoms with Crippen molar-refractivity contribution in [2.45, 2.75) is 341 Å². The van der Waals surface area contributed by atoms with E-state index in [0.717, 1.165) is 180 Å². The molecule has 0 amide bonds. The van der Waals surface area contributed by atoms with E-state index in [0.29, 0.717) is 32.1 Å². The highest BCUT2D eigenvalue weighted by atomic mass is 31.2. The largest absolute Gasteiger partial charge is 0.472 e. The molecule has 0 aromatic carbocycles. The average molecular weight is 1550 g/mol. The summed E-state index contributed by atoms with van der Waals surface area (Å²) in [5, 5.41) is 10.7. The van der Waals surface area contributed by atoms with Crippen LogP contribution in [0, 0.1) is 0 Å². The fourth-order valence-electron chi connectivity index (χ4n) is 10.7. The fourth-order valence-corrected chi connectivity index (χ4v) is 12.3. The summed E-state index contributed by atoms with van der Waals surface area (Å²) >= 11 is 0. The van der Waals surface area contributed by atoms with Crippen LogP contribution >= 0.6 is 15.6 Å². The summed E-state index contributed by atoms with van der Waals surface area (Å²) in [5.41, 5.74) is 0. The molecule has 5 atom stereocenters. The highest BCUT2D eigenvalue weighted by Crippen LogP contribution is 2.45. The minimum absolute atomic E-state index is 0.0305. The standard InChI is InChI=1S/C89H148O17P2/c1-5-9-13-17-21-25-29-33-37-39-41-43-47-49-53-57-61-65-69-73-86(91)99-79-84(105-88(93)75-71-67-63-59-55-51-45-35-31-27-23-19-15-11-7-3)81-103-107(95,96)101-77-83(90)78-102-108(97,98)104-82-85(106-89(94)76-72-68-64-60-56-52-46-36-32-28-24-20-16-12-8-4)80-100-87(92)74-70-66-62-58-54-50-48-44-42-40-38-34-30-26-22-18-14-10-6-2/h9-10,13-14,21-23,25-27,33-38,41-46,50,54,62,66,83-85,90H,5-8,11-12,15-20,24,28-32,39-40,47-49,51-53,55-61,63-65,67-82H2,1-4H3,(H,95,96)(H,97,98)/b13-9-,14-10-,25-21-,26-22-,27-23-,37-33-,38-34-,43-41-,44-42-,45-35-,46-36-,54-50-,66-62-. The van der Waals surface area contributed by atoms with Crippen LogP contribution in [0.5, 0.6) is 0 Å². The first-order valence-corrected chi connectivity index (χ1v) is 44.7. The molecule has 19 heteroatoms. The molecule has 0 spiro atoms. The average Bonchev–Trinajstić information content (AvgIpc) is 0.923. The molecule has 0 saturated carbocycles. The number of rotatable bonds is 77. The smallest absolute Gasteiger partial charge is 0.462 e. The zero-order valence-corrected chi connectivity index (χ0v) is 69.3. The van der Waals surface area contributed by atoms with Crippen LogP contribution in [-0.2, 0) is 65.4 Å². The van der Waals surface area contributed by atoms with Gasteiger partial charge in [-0.05, 0) is 161 Å². The second-order valence-electron chi connectivity index (χ2n) is 27.3. The minimum atomic E-state index is -5.00.